The van der Waals surface area contributed by atoms with Crippen LogP contribution in [0.15, 0.2) is 53.5 Å². The zero-order chi connectivity index (χ0) is 19.8. The summed E-state index contributed by atoms with van der Waals surface area (Å²) in [5.41, 5.74) is 2.22. The first-order chi connectivity index (χ1) is 13.7. The number of nitrogens with one attached hydrogen (secondary N) is 1. The largest absolute Gasteiger partial charge is 0.506 e. The van der Waals surface area contributed by atoms with Crippen LogP contribution < -0.4 is 15.0 Å². The van der Waals surface area contributed by atoms with Crippen LogP contribution >= 0.6 is 24.0 Å². The van der Waals surface area contributed by atoms with Crippen LogP contribution in [0, 0.1) is 0 Å². The van der Waals surface area contributed by atoms with Gasteiger partial charge in [0.1, 0.15) is 11.5 Å². The molecule has 1 aliphatic heterocycles. The van der Waals surface area contributed by atoms with E-state index in [0.29, 0.717) is 5.75 Å². The molecule has 158 valence electrons. The summed E-state index contributed by atoms with van der Waals surface area (Å²) in [6, 6.07) is 15.8. The van der Waals surface area contributed by atoms with Crippen LogP contribution in [0.2, 0.25) is 0 Å². The predicted octanol–water partition coefficient (Wildman–Crippen LogP) is 3.35. The van der Waals surface area contributed by atoms with E-state index < -0.39 is 0 Å². The van der Waals surface area contributed by atoms with E-state index in [1.165, 1.54) is 5.56 Å². The van der Waals surface area contributed by atoms with Crippen molar-refractivity contribution in [1.29, 1.82) is 0 Å². The number of methoxy groups -OCH3 is 1. The molecule has 29 heavy (non-hydrogen) atoms. The molecular formula is C22H31IN4O2. The van der Waals surface area contributed by atoms with Gasteiger partial charge in [0.05, 0.1) is 12.8 Å². The summed E-state index contributed by atoms with van der Waals surface area (Å²) in [6.07, 6.45) is 2.07. The number of halogens is 1. The number of guanidine groups is 1. The van der Waals surface area contributed by atoms with Gasteiger partial charge in [0.2, 0.25) is 0 Å². The van der Waals surface area contributed by atoms with Gasteiger partial charge in [-0.25, -0.2) is 0 Å². The van der Waals surface area contributed by atoms with Crippen molar-refractivity contribution in [1.82, 2.24) is 10.2 Å². The topological polar surface area (TPSA) is 60.3 Å². The van der Waals surface area contributed by atoms with Crippen molar-refractivity contribution in [2.45, 2.75) is 12.8 Å². The lowest BCUT2D eigenvalue weighted by atomic mass is 10.1. The molecule has 0 saturated carbocycles. The summed E-state index contributed by atoms with van der Waals surface area (Å²) in [7, 11) is 3.52. The monoisotopic (exact) mass is 510 g/mol. The molecule has 0 aromatic heterocycles. The summed E-state index contributed by atoms with van der Waals surface area (Å²) in [4.78, 5) is 8.95. The van der Waals surface area contributed by atoms with Gasteiger partial charge in [0.25, 0.3) is 0 Å². The number of nitrogens with zero attached hydrogens (tertiary/aromatic N) is 3. The molecule has 0 aliphatic carbocycles. The maximum absolute atomic E-state index is 10.1. The van der Waals surface area contributed by atoms with E-state index in [0.717, 1.165) is 63.0 Å². The molecule has 0 unspecified atom stereocenters. The zero-order valence-corrected chi connectivity index (χ0v) is 19.5. The van der Waals surface area contributed by atoms with Crippen molar-refractivity contribution >= 4 is 35.6 Å². The fourth-order valence-corrected chi connectivity index (χ4v) is 3.51. The summed E-state index contributed by atoms with van der Waals surface area (Å²) >= 11 is 0. The molecule has 1 saturated heterocycles. The van der Waals surface area contributed by atoms with Crippen LogP contribution in [0.4, 0.5) is 5.69 Å². The zero-order valence-electron chi connectivity index (χ0n) is 17.2. The first-order valence-corrected chi connectivity index (χ1v) is 9.82. The Bertz CT molecular complexity index is 775. The highest BCUT2D eigenvalue weighted by atomic mass is 127. The molecule has 0 spiro atoms. The fraction of sp³-hybridized carbons (Fsp3) is 0.409. The minimum atomic E-state index is 0. The number of rotatable bonds is 6. The molecule has 0 bridgehead atoms. The van der Waals surface area contributed by atoms with Gasteiger partial charge in [-0.15, -0.1) is 24.0 Å². The number of aryl methyl sites for hydroxylation is 1. The van der Waals surface area contributed by atoms with Crippen LogP contribution in [-0.4, -0.2) is 62.8 Å². The third-order valence-corrected chi connectivity index (χ3v) is 5.10. The Balaban J connectivity index is 0.00000300. The SMILES string of the molecule is CN=C(NCCCc1ccc(OC)cc1)N1CCN(c2ccccc2O)CC1.I. The molecule has 1 aliphatic rings. The van der Waals surface area contributed by atoms with Crippen molar-refractivity contribution in [3.8, 4) is 11.5 Å². The van der Waals surface area contributed by atoms with E-state index in [4.69, 9.17) is 4.74 Å². The van der Waals surface area contributed by atoms with Gasteiger partial charge in [-0.3, -0.25) is 4.99 Å². The Morgan fingerprint density at radius 1 is 1.07 bits per heavy atom. The molecule has 0 amide bonds. The Morgan fingerprint density at radius 2 is 1.76 bits per heavy atom. The second-order valence-corrected chi connectivity index (χ2v) is 6.89. The van der Waals surface area contributed by atoms with Crippen LogP contribution in [-0.2, 0) is 6.42 Å². The molecule has 2 aromatic carbocycles. The maximum atomic E-state index is 10.1. The Hall–Kier alpha value is -2.16. The van der Waals surface area contributed by atoms with E-state index in [1.54, 1.807) is 13.2 Å². The van der Waals surface area contributed by atoms with Crippen molar-refractivity contribution in [2.75, 3.05) is 51.8 Å². The van der Waals surface area contributed by atoms with Gasteiger partial charge in [0, 0.05) is 39.8 Å². The summed E-state index contributed by atoms with van der Waals surface area (Å²) in [5, 5.41) is 13.5. The molecular weight excluding hydrogens is 479 g/mol. The molecule has 2 aromatic rings. The van der Waals surface area contributed by atoms with Crippen molar-refractivity contribution in [3.63, 3.8) is 0 Å². The van der Waals surface area contributed by atoms with E-state index in [1.807, 2.05) is 37.4 Å². The summed E-state index contributed by atoms with van der Waals surface area (Å²) < 4.78 is 5.20. The molecule has 3 rings (SSSR count). The van der Waals surface area contributed by atoms with Gasteiger partial charge in [-0.2, -0.15) is 0 Å². The van der Waals surface area contributed by atoms with Crippen molar-refractivity contribution in [3.05, 3.63) is 54.1 Å². The van der Waals surface area contributed by atoms with Crippen LogP contribution in [0.25, 0.3) is 0 Å². The molecule has 6 nitrogen and oxygen atoms in total. The van der Waals surface area contributed by atoms with E-state index in [-0.39, 0.29) is 24.0 Å². The second-order valence-electron chi connectivity index (χ2n) is 6.89. The molecule has 0 atom stereocenters. The maximum Gasteiger partial charge on any atom is 0.193 e. The molecule has 7 heteroatoms. The third-order valence-electron chi connectivity index (χ3n) is 5.10. The molecule has 1 fully saturated rings. The lowest BCUT2D eigenvalue weighted by molar-refractivity contribution is 0.369. The van der Waals surface area contributed by atoms with Gasteiger partial charge in [-0.05, 0) is 42.7 Å². The van der Waals surface area contributed by atoms with Gasteiger partial charge in [-0.1, -0.05) is 24.3 Å². The van der Waals surface area contributed by atoms with Crippen LogP contribution in [0.5, 0.6) is 11.5 Å². The average molecular weight is 510 g/mol. The van der Waals surface area contributed by atoms with Crippen molar-refractivity contribution < 1.29 is 9.84 Å². The lowest BCUT2D eigenvalue weighted by Crippen LogP contribution is -2.52. The number of piperazine rings is 1. The molecule has 1 heterocycles. The fourth-order valence-electron chi connectivity index (χ4n) is 3.51. The second kappa shape index (κ2) is 11.7. The normalized spacial score (nSPS) is 14.3. The number of phenols is 1. The van der Waals surface area contributed by atoms with E-state index >= 15 is 0 Å². The number of phenolic OH excluding ortho intramolecular Hbond substituents is 1. The average Bonchev–Trinajstić information content (AvgIpc) is 2.75. The number of hydrogen-bond acceptors (Lipinski definition) is 4. The lowest BCUT2D eigenvalue weighted by Gasteiger charge is -2.37. The number of benzene rings is 2. The highest BCUT2D eigenvalue weighted by molar-refractivity contribution is 14.0. The minimum absolute atomic E-state index is 0. The number of para-hydroxylation sites is 2. The third kappa shape index (κ3) is 6.42. The number of anilines is 1. The predicted molar refractivity (Wildman–Crippen MR) is 130 cm³/mol. The van der Waals surface area contributed by atoms with Crippen LogP contribution in [0.3, 0.4) is 0 Å². The smallest absolute Gasteiger partial charge is 0.193 e. The standard InChI is InChI=1S/C22H30N4O2.HI/c1-23-22(24-13-5-6-18-9-11-19(28-2)12-10-18)26-16-14-25(15-17-26)20-7-3-4-8-21(20)27;/h3-4,7-12,27H,5-6,13-17H2,1-2H3,(H,23,24);1H. The number of hydrogen-bond donors (Lipinski definition) is 2. The molecule has 2 N–H and O–H groups in total. The first kappa shape index (κ1) is 23.1. The Morgan fingerprint density at radius 3 is 2.38 bits per heavy atom. The van der Waals surface area contributed by atoms with Crippen molar-refractivity contribution in [2.24, 2.45) is 4.99 Å². The number of aromatic hydroxyl groups is 1. The summed E-state index contributed by atoms with van der Waals surface area (Å²) in [6.45, 7) is 4.38. The highest BCUT2D eigenvalue weighted by Gasteiger charge is 2.21. The van der Waals surface area contributed by atoms with E-state index in [9.17, 15) is 5.11 Å². The molecule has 0 radical (unpaired) electrons. The number of ether oxygens (including phenoxy) is 1. The minimum Gasteiger partial charge on any atom is -0.506 e. The Kier molecular flexibility index (Phi) is 9.37. The quantitative estimate of drug-likeness (QED) is 0.270. The first-order valence-electron chi connectivity index (χ1n) is 9.82. The number of aliphatic imine (C=N–C) groups is 1. The Labute approximate surface area is 190 Å². The highest BCUT2D eigenvalue weighted by Crippen LogP contribution is 2.27. The van der Waals surface area contributed by atoms with Gasteiger partial charge >= 0.3 is 0 Å². The summed E-state index contributed by atoms with van der Waals surface area (Å²) in [5.74, 6) is 2.19. The van der Waals surface area contributed by atoms with Crippen LogP contribution in [0.1, 0.15) is 12.0 Å². The van der Waals surface area contributed by atoms with Gasteiger partial charge < -0.3 is 25.0 Å². The van der Waals surface area contributed by atoms with E-state index in [2.05, 4.69) is 32.2 Å². The van der Waals surface area contributed by atoms with Gasteiger partial charge in [0.15, 0.2) is 5.96 Å².